The number of halogens is 3. The smallest absolute Gasteiger partial charge is 0.471 e. The van der Waals surface area contributed by atoms with E-state index in [1.807, 2.05) is 36.3 Å². The molecule has 11 heteroatoms. The molecule has 1 heterocycles. The first kappa shape index (κ1) is 21.8. The Bertz CT molecular complexity index is 711. The molecule has 156 valence electrons. The Hall–Kier alpha value is -2.53. The first-order valence-electron chi connectivity index (χ1n) is 8.86. The van der Waals surface area contributed by atoms with Crippen molar-refractivity contribution in [3.63, 3.8) is 0 Å². The fourth-order valence-corrected chi connectivity index (χ4v) is 2.60. The number of hydrazine groups is 1. The second-order valence-corrected chi connectivity index (χ2v) is 6.55. The van der Waals surface area contributed by atoms with Crippen molar-refractivity contribution in [1.29, 1.82) is 0 Å². The van der Waals surface area contributed by atoms with Crippen LogP contribution in [0.15, 0.2) is 23.2 Å². The molecule has 0 saturated carbocycles. The van der Waals surface area contributed by atoms with Gasteiger partial charge in [0.1, 0.15) is 0 Å². The van der Waals surface area contributed by atoms with Crippen LogP contribution in [0.2, 0.25) is 0 Å². The molecule has 3 N–H and O–H groups in total. The Kier molecular flexibility index (Phi) is 7.46. The third-order valence-corrected chi connectivity index (χ3v) is 4.06. The fraction of sp³-hybridized carbons (Fsp3) is 0.529. The van der Waals surface area contributed by atoms with Crippen LogP contribution in [0.4, 0.5) is 24.5 Å². The van der Waals surface area contributed by atoms with Gasteiger partial charge >= 0.3 is 12.1 Å². The number of amides is 1. The van der Waals surface area contributed by atoms with E-state index in [2.05, 4.69) is 15.7 Å². The fourth-order valence-electron chi connectivity index (χ4n) is 2.60. The van der Waals surface area contributed by atoms with Crippen LogP contribution in [0.3, 0.4) is 0 Å². The van der Waals surface area contributed by atoms with E-state index in [0.29, 0.717) is 55.0 Å². The number of nitrogens with zero attached hydrogens (tertiary/aromatic N) is 3. The summed E-state index contributed by atoms with van der Waals surface area (Å²) < 4.78 is 36.2. The van der Waals surface area contributed by atoms with Gasteiger partial charge in [0.2, 0.25) is 5.96 Å². The van der Waals surface area contributed by atoms with E-state index in [1.165, 1.54) is 0 Å². The highest BCUT2D eigenvalue weighted by Crippen LogP contribution is 2.28. The van der Waals surface area contributed by atoms with Crippen LogP contribution in [-0.2, 0) is 4.79 Å². The second-order valence-electron chi connectivity index (χ2n) is 6.55. The number of nitrogens with one attached hydrogen (secondary N) is 3. The molecule has 0 fully saturated rings. The van der Waals surface area contributed by atoms with E-state index in [1.54, 1.807) is 6.07 Å². The summed E-state index contributed by atoms with van der Waals surface area (Å²) in [6.45, 7) is 3.57. The highest BCUT2D eigenvalue weighted by Gasteiger charge is 2.38. The number of aliphatic imine (C=N–C) groups is 1. The molecule has 0 aliphatic carbocycles. The highest BCUT2D eigenvalue weighted by atomic mass is 19.4. The van der Waals surface area contributed by atoms with Crippen LogP contribution >= 0.6 is 0 Å². The lowest BCUT2D eigenvalue weighted by molar-refractivity contribution is -0.173. The predicted octanol–water partition coefficient (Wildman–Crippen LogP) is 1.98. The number of guanidine groups is 1. The largest absolute Gasteiger partial charge is 0.739 e. The molecule has 1 aliphatic heterocycles. The third-order valence-electron chi connectivity index (χ3n) is 4.06. The maximum absolute atomic E-state index is 12.1. The summed E-state index contributed by atoms with van der Waals surface area (Å²) in [6, 6.07) is 5.48. The standard InChI is InChI=1S/C17H24F3N6O2/c1-12-5-6-13-14(11-12)26(28)24-16(23-13)22-8-4-10-25(2)9-3-7-21-15(27)17(18,19)20/h5-6,11H,3-4,7-10H2,1-2H3,(H,21,27)(H2,22,23,24)/q-1. The number of rotatable bonds is 8. The zero-order valence-electron chi connectivity index (χ0n) is 15.8. The minimum Gasteiger partial charge on any atom is -0.739 e. The minimum absolute atomic E-state index is 0.0307. The van der Waals surface area contributed by atoms with Crippen molar-refractivity contribution < 1.29 is 18.0 Å². The maximum Gasteiger partial charge on any atom is 0.471 e. The Morgan fingerprint density at radius 1 is 1.32 bits per heavy atom. The summed E-state index contributed by atoms with van der Waals surface area (Å²) >= 11 is 0. The molecule has 0 unspecified atom stereocenters. The van der Waals surface area contributed by atoms with Crippen molar-refractivity contribution in [3.05, 3.63) is 29.0 Å². The number of alkyl halides is 3. The molecule has 1 aromatic carbocycles. The molecule has 0 radical (unpaired) electrons. The number of carbonyl (C=O) groups excluding carboxylic acids is 1. The van der Waals surface area contributed by atoms with E-state index < -0.39 is 12.1 Å². The van der Waals surface area contributed by atoms with Crippen molar-refractivity contribution in [3.8, 4) is 0 Å². The topological polar surface area (TPSA) is 95.1 Å². The van der Waals surface area contributed by atoms with Crippen molar-refractivity contribution in [2.45, 2.75) is 25.9 Å². The lowest BCUT2D eigenvalue weighted by Gasteiger charge is -2.38. The van der Waals surface area contributed by atoms with Crippen molar-refractivity contribution in [1.82, 2.24) is 15.6 Å². The zero-order chi connectivity index (χ0) is 20.7. The van der Waals surface area contributed by atoms with Crippen LogP contribution in [-0.4, -0.2) is 56.2 Å². The van der Waals surface area contributed by atoms with Gasteiger partial charge in [-0.25, -0.2) is 0 Å². The Balaban J connectivity index is 1.65. The molecule has 8 nitrogen and oxygen atoms in total. The van der Waals surface area contributed by atoms with E-state index in [-0.39, 0.29) is 6.54 Å². The van der Waals surface area contributed by atoms with Crippen LogP contribution in [0.25, 0.3) is 0 Å². The molecule has 0 bridgehead atoms. The summed E-state index contributed by atoms with van der Waals surface area (Å²) in [5, 5.41) is 17.6. The lowest BCUT2D eigenvalue weighted by Crippen LogP contribution is -2.46. The number of hydrogen-bond donors (Lipinski definition) is 3. The SMILES string of the molecule is Cc1ccc2c(c1)N([O-])NC(=NCCCN(C)CCCNC(=O)C(F)(F)F)N2. The van der Waals surface area contributed by atoms with Gasteiger partial charge in [0.05, 0.1) is 11.4 Å². The van der Waals surface area contributed by atoms with Gasteiger partial charge in [0.25, 0.3) is 0 Å². The molecule has 28 heavy (non-hydrogen) atoms. The summed E-state index contributed by atoms with van der Waals surface area (Å²) in [4.78, 5) is 16.9. The molecule has 0 spiro atoms. The molecule has 1 aliphatic rings. The van der Waals surface area contributed by atoms with Gasteiger partial charge in [-0.15, -0.1) is 0 Å². The number of benzene rings is 1. The number of fused-ring (bicyclic) bond motifs is 1. The third kappa shape index (κ3) is 6.57. The molecular formula is C17H24F3N6O2-. The average molecular weight is 401 g/mol. The quantitative estimate of drug-likeness (QED) is 0.577. The van der Waals surface area contributed by atoms with Crippen LogP contribution in [0.1, 0.15) is 18.4 Å². The second kappa shape index (κ2) is 9.60. The van der Waals surface area contributed by atoms with Gasteiger partial charge in [-0.05, 0) is 57.6 Å². The summed E-state index contributed by atoms with van der Waals surface area (Å²) in [6.07, 6.45) is -3.72. The molecular weight excluding hydrogens is 377 g/mol. The Labute approximate surface area is 161 Å². The summed E-state index contributed by atoms with van der Waals surface area (Å²) in [5.41, 5.74) is 4.77. The van der Waals surface area contributed by atoms with Crippen LogP contribution < -0.4 is 21.2 Å². The minimum atomic E-state index is -4.84. The molecule has 2 rings (SSSR count). The van der Waals surface area contributed by atoms with Gasteiger partial charge in [0, 0.05) is 13.1 Å². The summed E-state index contributed by atoms with van der Waals surface area (Å²) in [5.74, 6) is -1.55. The van der Waals surface area contributed by atoms with E-state index in [4.69, 9.17) is 0 Å². The van der Waals surface area contributed by atoms with Gasteiger partial charge < -0.3 is 25.9 Å². The van der Waals surface area contributed by atoms with Gasteiger partial charge in [-0.1, -0.05) is 6.07 Å². The van der Waals surface area contributed by atoms with Crippen LogP contribution in [0, 0.1) is 12.1 Å². The Morgan fingerprint density at radius 3 is 2.75 bits per heavy atom. The first-order valence-corrected chi connectivity index (χ1v) is 8.86. The molecule has 0 aromatic heterocycles. The van der Waals surface area contributed by atoms with E-state index in [9.17, 15) is 23.2 Å². The number of hydrogen-bond acceptors (Lipinski definition) is 5. The number of aryl methyl sites for hydroxylation is 1. The lowest BCUT2D eigenvalue weighted by atomic mass is 10.2. The van der Waals surface area contributed by atoms with Gasteiger partial charge in [0.15, 0.2) is 0 Å². The number of carbonyl (C=O) groups is 1. The molecule has 1 aromatic rings. The Morgan fingerprint density at radius 2 is 2.04 bits per heavy atom. The highest BCUT2D eigenvalue weighted by molar-refractivity contribution is 6.01. The average Bonchev–Trinajstić information content (AvgIpc) is 2.62. The molecule has 1 amide bonds. The normalized spacial score (nSPS) is 15.2. The predicted molar refractivity (Wildman–Crippen MR) is 102 cm³/mol. The van der Waals surface area contributed by atoms with Crippen LogP contribution in [0.5, 0.6) is 0 Å². The zero-order valence-corrected chi connectivity index (χ0v) is 15.8. The summed E-state index contributed by atoms with van der Waals surface area (Å²) in [7, 11) is 1.84. The monoisotopic (exact) mass is 401 g/mol. The van der Waals surface area contributed by atoms with E-state index >= 15 is 0 Å². The van der Waals surface area contributed by atoms with Gasteiger partial charge in [-0.3, -0.25) is 15.2 Å². The van der Waals surface area contributed by atoms with Crippen molar-refractivity contribution in [2.24, 2.45) is 4.99 Å². The molecule has 0 saturated heterocycles. The maximum atomic E-state index is 12.1. The number of anilines is 2. The van der Waals surface area contributed by atoms with Gasteiger partial charge in [-0.2, -0.15) is 13.2 Å². The van der Waals surface area contributed by atoms with Crippen molar-refractivity contribution in [2.75, 3.05) is 43.7 Å². The first-order chi connectivity index (χ1) is 13.2. The molecule has 0 atom stereocenters. The van der Waals surface area contributed by atoms with Crippen molar-refractivity contribution >= 4 is 23.2 Å². The van der Waals surface area contributed by atoms with E-state index in [0.717, 1.165) is 5.56 Å².